The zero-order valence-corrected chi connectivity index (χ0v) is 11.6. The molecule has 2 aromatic carbocycles. The van der Waals surface area contributed by atoms with Gasteiger partial charge in [-0.05, 0) is 24.1 Å². The molecule has 0 heterocycles. The van der Waals surface area contributed by atoms with Crippen molar-refractivity contribution in [3.8, 4) is 6.07 Å². The van der Waals surface area contributed by atoms with Crippen molar-refractivity contribution < 1.29 is 4.21 Å². The third kappa shape index (κ3) is 3.77. The van der Waals surface area contributed by atoms with Gasteiger partial charge in [0.1, 0.15) is 0 Å². The molecule has 2 nitrogen and oxygen atoms in total. The number of benzene rings is 2. The maximum absolute atomic E-state index is 12.2. The Kier molecular flexibility index (Phi) is 4.48. The highest BCUT2D eigenvalue weighted by atomic mass is 32.2. The molecule has 2 rings (SSSR count). The van der Waals surface area contributed by atoms with Gasteiger partial charge in [-0.25, -0.2) is 0 Å². The molecule has 3 heteroatoms. The van der Waals surface area contributed by atoms with Gasteiger partial charge >= 0.3 is 0 Å². The summed E-state index contributed by atoms with van der Waals surface area (Å²) in [5, 5.41) is 9.01. The molecule has 19 heavy (non-hydrogen) atoms. The molecule has 0 spiro atoms. The van der Waals surface area contributed by atoms with Crippen LogP contribution in [0.1, 0.15) is 22.3 Å². The van der Waals surface area contributed by atoms with Crippen molar-refractivity contribution in [2.24, 2.45) is 0 Å². The van der Waals surface area contributed by atoms with Crippen molar-refractivity contribution in [2.75, 3.05) is 0 Å². The van der Waals surface area contributed by atoms with Crippen LogP contribution >= 0.6 is 0 Å². The third-order valence-corrected chi connectivity index (χ3v) is 4.15. The van der Waals surface area contributed by atoms with Crippen molar-refractivity contribution in [3.63, 3.8) is 0 Å². The lowest BCUT2D eigenvalue weighted by Gasteiger charge is -2.05. The predicted molar refractivity (Wildman–Crippen MR) is 77.9 cm³/mol. The number of rotatable bonds is 4. The summed E-state index contributed by atoms with van der Waals surface area (Å²) in [4.78, 5) is 0. The normalized spacial score (nSPS) is 11.8. The minimum Gasteiger partial charge on any atom is -0.259 e. The summed E-state index contributed by atoms with van der Waals surface area (Å²) in [5.74, 6) is 0.957. The molecule has 0 aliphatic rings. The van der Waals surface area contributed by atoms with Gasteiger partial charge in [-0.1, -0.05) is 48.0 Å². The Morgan fingerprint density at radius 2 is 1.89 bits per heavy atom. The second-order valence-corrected chi connectivity index (χ2v) is 5.94. The van der Waals surface area contributed by atoms with Gasteiger partial charge in [0.25, 0.3) is 0 Å². The van der Waals surface area contributed by atoms with Gasteiger partial charge in [-0.2, -0.15) is 5.26 Å². The molecule has 0 aliphatic carbocycles. The summed E-state index contributed by atoms with van der Waals surface area (Å²) in [5.41, 5.74) is 3.72. The summed E-state index contributed by atoms with van der Waals surface area (Å²) in [7, 11) is -0.993. The largest absolute Gasteiger partial charge is 0.259 e. The van der Waals surface area contributed by atoms with Gasteiger partial charge < -0.3 is 0 Å². The first kappa shape index (κ1) is 13.5. The van der Waals surface area contributed by atoms with Crippen LogP contribution in [0.5, 0.6) is 0 Å². The zero-order valence-electron chi connectivity index (χ0n) is 10.8. The molecule has 1 unspecified atom stereocenters. The van der Waals surface area contributed by atoms with Gasteiger partial charge in [0, 0.05) is 16.6 Å². The Labute approximate surface area is 116 Å². The van der Waals surface area contributed by atoms with Gasteiger partial charge in [0.2, 0.25) is 0 Å². The Balaban J connectivity index is 2.08. The Hall–Kier alpha value is -1.92. The number of nitriles is 1. The molecule has 0 fully saturated rings. The van der Waals surface area contributed by atoms with E-state index >= 15 is 0 Å². The summed E-state index contributed by atoms with van der Waals surface area (Å²) in [6.45, 7) is 2.03. The lowest BCUT2D eigenvalue weighted by atomic mass is 10.1. The van der Waals surface area contributed by atoms with Crippen molar-refractivity contribution >= 4 is 10.8 Å². The van der Waals surface area contributed by atoms with Crippen LogP contribution in [0.4, 0.5) is 0 Å². The van der Waals surface area contributed by atoms with Crippen LogP contribution in [0.15, 0.2) is 48.5 Å². The Morgan fingerprint density at radius 1 is 1.11 bits per heavy atom. The van der Waals surface area contributed by atoms with E-state index in [9.17, 15) is 4.21 Å². The molecule has 2 aromatic rings. The number of hydrogen-bond acceptors (Lipinski definition) is 2. The van der Waals surface area contributed by atoms with Gasteiger partial charge in [-0.3, -0.25) is 4.21 Å². The van der Waals surface area contributed by atoms with Crippen LogP contribution in [0.3, 0.4) is 0 Å². The first-order chi connectivity index (χ1) is 9.19. The van der Waals surface area contributed by atoms with Crippen LogP contribution < -0.4 is 0 Å². The molecule has 1 atom stereocenters. The summed E-state index contributed by atoms with van der Waals surface area (Å²) in [6.07, 6.45) is 0. The van der Waals surface area contributed by atoms with Gasteiger partial charge in [-0.15, -0.1) is 0 Å². The fourth-order valence-corrected chi connectivity index (χ4v) is 3.22. The minimum atomic E-state index is -0.993. The highest BCUT2D eigenvalue weighted by molar-refractivity contribution is 7.83. The third-order valence-electron chi connectivity index (χ3n) is 2.86. The molecule has 0 amide bonds. The summed E-state index contributed by atoms with van der Waals surface area (Å²) < 4.78 is 12.2. The molecule has 0 N–H and O–H groups in total. The van der Waals surface area contributed by atoms with E-state index in [4.69, 9.17) is 5.26 Å². The quantitative estimate of drug-likeness (QED) is 0.854. The Morgan fingerprint density at radius 3 is 2.63 bits per heavy atom. The zero-order chi connectivity index (χ0) is 13.7. The molecular formula is C16H15NOS. The van der Waals surface area contributed by atoms with Crippen molar-refractivity contribution in [1.82, 2.24) is 0 Å². The van der Waals surface area contributed by atoms with Crippen LogP contribution in [-0.4, -0.2) is 4.21 Å². The molecular weight excluding hydrogens is 254 g/mol. The first-order valence-corrected chi connectivity index (χ1v) is 7.56. The highest BCUT2D eigenvalue weighted by Crippen LogP contribution is 2.13. The fraction of sp³-hybridized carbons (Fsp3) is 0.188. The van der Waals surface area contributed by atoms with Crippen LogP contribution in [0, 0.1) is 18.3 Å². The smallest absolute Gasteiger partial charge is 0.0994 e. The van der Waals surface area contributed by atoms with E-state index in [0.717, 1.165) is 11.1 Å². The topological polar surface area (TPSA) is 40.9 Å². The number of hydrogen-bond donors (Lipinski definition) is 0. The van der Waals surface area contributed by atoms with E-state index < -0.39 is 10.8 Å². The van der Waals surface area contributed by atoms with Gasteiger partial charge in [0.15, 0.2) is 0 Å². The first-order valence-electron chi connectivity index (χ1n) is 6.07. The average Bonchev–Trinajstić information content (AvgIpc) is 2.39. The predicted octanol–water partition coefficient (Wildman–Crippen LogP) is 3.32. The average molecular weight is 269 g/mol. The van der Waals surface area contributed by atoms with Crippen LogP contribution in [0.25, 0.3) is 0 Å². The van der Waals surface area contributed by atoms with E-state index in [1.165, 1.54) is 5.56 Å². The lowest BCUT2D eigenvalue weighted by molar-refractivity contribution is 0.682. The van der Waals surface area contributed by atoms with E-state index in [2.05, 4.69) is 6.07 Å². The summed E-state index contributed by atoms with van der Waals surface area (Å²) >= 11 is 0. The van der Waals surface area contributed by atoms with E-state index in [0.29, 0.717) is 17.1 Å². The highest BCUT2D eigenvalue weighted by Gasteiger charge is 2.07. The molecule has 96 valence electrons. The molecule has 0 aliphatic heterocycles. The van der Waals surface area contributed by atoms with Gasteiger partial charge in [0.05, 0.1) is 17.4 Å². The Bertz CT molecular complexity index is 643. The molecule has 0 radical (unpaired) electrons. The minimum absolute atomic E-state index is 0.428. The van der Waals surface area contributed by atoms with E-state index in [-0.39, 0.29) is 0 Å². The summed E-state index contributed by atoms with van der Waals surface area (Å²) in [6, 6.07) is 17.5. The SMILES string of the molecule is Cc1cccc(CS(=O)Cc2ccccc2C#N)c1. The van der Waals surface area contributed by atoms with Crippen LogP contribution in [-0.2, 0) is 22.3 Å². The monoisotopic (exact) mass is 269 g/mol. The molecule has 0 saturated carbocycles. The maximum atomic E-state index is 12.2. The molecule has 0 saturated heterocycles. The van der Waals surface area contributed by atoms with Crippen LogP contribution in [0.2, 0.25) is 0 Å². The van der Waals surface area contributed by atoms with Crippen molar-refractivity contribution in [2.45, 2.75) is 18.4 Å². The number of aryl methyl sites for hydroxylation is 1. The maximum Gasteiger partial charge on any atom is 0.0994 e. The second-order valence-electron chi connectivity index (χ2n) is 4.49. The second kappa shape index (κ2) is 6.31. The standard InChI is InChI=1S/C16H15NOS/c1-13-5-4-6-14(9-13)11-19(18)12-16-8-3-2-7-15(16)10-17/h2-9H,11-12H2,1H3. The van der Waals surface area contributed by atoms with E-state index in [1.54, 1.807) is 6.07 Å². The fourth-order valence-electron chi connectivity index (χ4n) is 1.97. The van der Waals surface area contributed by atoms with E-state index in [1.807, 2.05) is 49.4 Å². The van der Waals surface area contributed by atoms with Crippen molar-refractivity contribution in [1.29, 1.82) is 5.26 Å². The van der Waals surface area contributed by atoms with Crippen molar-refractivity contribution in [3.05, 3.63) is 70.8 Å². The number of nitrogens with zero attached hydrogens (tertiary/aromatic N) is 1. The lowest BCUT2D eigenvalue weighted by Crippen LogP contribution is -2.01. The molecule has 0 aromatic heterocycles. The molecule has 0 bridgehead atoms.